The van der Waals surface area contributed by atoms with E-state index in [4.69, 9.17) is 10.3 Å². The van der Waals surface area contributed by atoms with E-state index >= 15 is 0 Å². The quantitative estimate of drug-likeness (QED) is 0.808. The van der Waals surface area contributed by atoms with Crippen molar-refractivity contribution in [3.8, 4) is 0 Å². The van der Waals surface area contributed by atoms with Gasteiger partial charge in [-0.1, -0.05) is 5.16 Å². The Morgan fingerprint density at radius 2 is 2.47 bits per heavy atom. The third-order valence-corrected chi connectivity index (χ3v) is 3.56. The van der Waals surface area contributed by atoms with E-state index in [0.717, 1.165) is 18.1 Å². The molecule has 2 rings (SSSR count). The normalized spacial score (nSPS) is 25.4. The van der Waals surface area contributed by atoms with Crippen molar-refractivity contribution in [1.29, 1.82) is 0 Å². The Hall–Kier alpha value is -0.590. The minimum Gasteiger partial charge on any atom is -0.338 e. The molecule has 0 radical (unpaired) electrons. The van der Waals surface area contributed by atoms with Crippen LogP contribution >= 0.6 is 11.8 Å². The summed E-state index contributed by atoms with van der Waals surface area (Å²) in [6, 6.07) is 0.0767. The maximum atomic E-state index is 5.68. The standard InChI is InChI=1S/C9H16N4OS/c1-6(10)9-11-8(12-14-9)7-5-15-4-3-13(7)2/h6-7H,3-5,10H2,1-2H3. The van der Waals surface area contributed by atoms with Gasteiger partial charge in [-0.2, -0.15) is 16.7 Å². The molecule has 2 N–H and O–H groups in total. The lowest BCUT2D eigenvalue weighted by molar-refractivity contribution is 0.256. The molecule has 2 atom stereocenters. The van der Waals surface area contributed by atoms with Crippen LogP contribution in [-0.4, -0.2) is 40.1 Å². The third kappa shape index (κ3) is 2.32. The molecule has 15 heavy (non-hydrogen) atoms. The van der Waals surface area contributed by atoms with Crippen molar-refractivity contribution in [1.82, 2.24) is 15.0 Å². The van der Waals surface area contributed by atoms with E-state index in [2.05, 4.69) is 22.1 Å². The van der Waals surface area contributed by atoms with Gasteiger partial charge in [-0.05, 0) is 14.0 Å². The third-order valence-electron chi connectivity index (χ3n) is 2.54. The summed E-state index contributed by atoms with van der Waals surface area (Å²) in [7, 11) is 2.09. The van der Waals surface area contributed by atoms with Crippen LogP contribution in [0.5, 0.6) is 0 Å². The molecule has 0 bridgehead atoms. The molecule has 2 heterocycles. The van der Waals surface area contributed by atoms with Gasteiger partial charge in [0.05, 0.1) is 12.1 Å². The molecule has 2 unspecified atom stereocenters. The average Bonchev–Trinajstić information content (AvgIpc) is 2.67. The molecule has 1 saturated heterocycles. The van der Waals surface area contributed by atoms with E-state index < -0.39 is 0 Å². The summed E-state index contributed by atoms with van der Waals surface area (Å²) in [5.74, 6) is 3.48. The maximum Gasteiger partial charge on any atom is 0.243 e. The zero-order valence-corrected chi connectivity index (χ0v) is 9.83. The molecular formula is C9H16N4OS. The topological polar surface area (TPSA) is 68.2 Å². The smallest absolute Gasteiger partial charge is 0.243 e. The Labute approximate surface area is 93.4 Å². The van der Waals surface area contributed by atoms with Crippen LogP contribution in [0, 0.1) is 0 Å². The molecule has 0 aromatic carbocycles. The van der Waals surface area contributed by atoms with E-state index in [1.54, 1.807) is 0 Å². The summed E-state index contributed by atoms with van der Waals surface area (Å²) >= 11 is 1.92. The van der Waals surface area contributed by atoms with Crippen molar-refractivity contribution >= 4 is 11.8 Å². The molecular weight excluding hydrogens is 212 g/mol. The first-order valence-electron chi connectivity index (χ1n) is 5.05. The lowest BCUT2D eigenvalue weighted by atomic mass is 10.2. The number of rotatable bonds is 2. The van der Waals surface area contributed by atoms with E-state index in [-0.39, 0.29) is 12.1 Å². The van der Waals surface area contributed by atoms with E-state index in [1.807, 2.05) is 18.7 Å². The number of aromatic nitrogens is 2. The second kappa shape index (κ2) is 4.51. The first-order valence-corrected chi connectivity index (χ1v) is 6.21. The second-order valence-corrected chi connectivity index (χ2v) is 5.00. The molecule has 0 amide bonds. The highest BCUT2D eigenvalue weighted by Gasteiger charge is 2.26. The van der Waals surface area contributed by atoms with Gasteiger partial charge in [0.1, 0.15) is 0 Å². The Morgan fingerprint density at radius 3 is 3.07 bits per heavy atom. The Kier molecular flexibility index (Phi) is 3.28. The van der Waals surface area contributed by atoms with Gasteiger partial charge >= 0.3 is 0 Å². The predicted molar refractivity (Wildman–Crippen MR) is 59.6 cm³/mol. The zero-order chi connectivity index (χ0) is 10.8. The molecule has 0 saturated carbocycles. The van der Waals surface area contributed by atoms with Crippen molar-refractivity contribution in [3.05, 3.63) is 11.7 Å². The molecule has 84 valence electrons. The Balaban J connectivity index is 2.13. The van der Waals surface area contributed by atoms with E-state index in [0.29, 0.717) is 5.89 Å². The molecule has 0 aliphatic carbocycles. The molecule has 0 spiro atoms. The summed E-state index contributed by atoms with van der Waals surface area (Å²) in [6.07, 6.45) is 0. The van der Waals surface area contributed by atoms with Crippen LogP contribution in [0.1, 0.15) is 30.7 Å². The molecule has 1 fully saturated rings. The lowest BCUT2D eigenvalue weighted by Crippen LogP contribution is -2.33. The van der Waals surface area contributed by atoms with Crippen LogP contribution in [0.3, 0.4) is 0 Å². The molecule has 1 aromatic rings. The van der Waals surface area contributed by atoms with Gasteiger partial charge in [0, 0.05) is 18.1 Å². The summed E-state index contributed by atoms with van der Waals surface area (Å²) in [5, 5.41) is 3.99. The highest BCUT2D eigenvalue weighted by atomic mass is 32.2. The maximum absolute atomic E-state index is 5.68. The minimum atomic E-state index is -0.187. The number of hydrogen-bond donors (Lipinski definition) is 1. The Morgan fingerprint density at radius 1 is 1.67 bits per heavy atom. The number of hydrogen-bond acceptors (Lipinski definition) is 6. The fourth-order valence-electron chi connectivity index (χ4n) is 1.53. The fraction of sp³-hybridized carbons (Fsp3) is 0.778. The SMILES string of the molecule is CC(N)c1nc(C2CSCCN2C)no1. The summed E-state index contributed by atoms with van der Waals surface area (Å²) in [4.78, 5) is 6.58. The van der Waals surface area contributed by atoms with Crippen LogP contribution in [0.2, 0.25) is 0 Å². The summed E-state index contributed by atoms with van der Waals surface area (Å²) < 4.78 is 5.11. The highest BCUT2D eigenvalue weighted by molar-refractivity contribution is 7.99. The fourth-order valence-corrected chi connectivity index (χ4v) is 2.74. The minimum absolute atomic E-state index is 0.187. The van der Waals surface area contributed by atoms with Crippen LogP contribution in [0.15, 0.2) is 4.52 Å². The molecule has 1 aliphatic heterocycles. The van der Waals surface area contributed by atoms with E-state index in [1.165, 1.54) is 5.75 Å². The molecule has 6 heteroatoms. The van der Waals surface area contributed by atoms with Gasteiger partial charge in [-0.3, -0.25) is 4.90 Å². The zero-order valence-electron chi connectivity index (χ0n) is 9.01. The Bertz CT molecular complexity index is 328. The van der Waals surface area contributed by atoms with Gasteiger partial charge in [-0.25, -0.2) is 0 Å². The first kappa shape index (κ1) is 10.9. The van der Waals surface area contributed by atoms with Crippen LogP contribution in [-0.2, 0) is 0 Å². The van der Waals surface area contributed by atoms with Gasteiger partial charge in [0.25, 0.3) is 0 Å². The summed E-state index contributed by atoms with van der Waals surface area (Å²) in [6.45, 7) is 2.91. The number of nitrogens with zero attached hydrogens (tertiary/aromatic N) is 3. The number of nitrogens with two attached hydrogens (primary N) is 1. The van der Waals surface area contributed by atoms with Crippen LogP contribution < -0.4 is 5.73 Å². The van der Waals surface area contributed by atoms with E-state index in [9.17, 15) is 0 Å². The first-order chi connectivity index (χ1) is 7.18. The second-order valence-electron chi connectivity index (χ2n) is 3.85. The molecule has 1 aliphatic rings. The average molecular weight is 228 g/mol. The van der Waals surface area contributed by atoms with Crippen molar-refractivity contribution in [2.75, 3.05) is 25.1 Å². The monoisotopic (exact) mass is 228 g/mol. The van der Waals surface area contributed by atoms with Crippen LogP contribution in [0.25, 0.3) is 0 Å². The lowest BCUT2D eigenvalue weighted by Gasteiger charge is -2.29. The van der Waals surface area contributed by atoms with Crippen LogP contribution in [0.4, 0.5) is 0 Å². The molecule has 5 nitrogen and oxygen atoms in total. The van der Waals surface area contributed by atoms with Crippen molar-refractivity contribution in [2.45, 2.75) is 19.0 Å². The van der Waals surface area contributed by atoms with Crippen molar-refractivity contribution < 1.29 is 4.52 Å². The largest absolute Gasteiger partial charge is 0.338 e. The summed E-state index contributed by atoms with van der Waals surface area (Å²) in [5.41, 5.74) is 5.68. The van der Waals surface area contributed by atoms with Gasteiger partial charge in [-0.15, -0.1) is 0 Å². The molecule has 1 aromatic heterocycles. The van der Waals surface area contributed by atoms with Gasteiger partial charge < -0.3 is 10.3 Å². The predicted octanol–water partition coefficient (Wildman–Crippen LogP) is 0.809. The van der Waals surface area contributed by atoms with Gasteiger partial charge in [0.15, 0.2) is 5.82 Å². The number of thioether (sulfide) groups is 1. The van der Waals surface area contributed by atoms with Crippen molar-refractivity contribution in [2.24, 2.45) is 5.73 Å². The van der Waals surface area contributed by atoms with Gasteiger partial charge in [0.2, 0.25) is 5.89 Å². The highest BCUT2D eigenvalue weighted by Crippen LogP contribution is 2.26. The van der Waals surface area contributed by atoms with Crippen molar-refractivity contribution in [3.63, 3.8) is 0 Å².